The van der Waals surface area contributed by atoms with E-state index < -0.39 is 23.4 Å². The minimum absolute atomic E-state index is 0.193. The summed E-state index contributed by atoms with van der Waals surface area (Å²) in [5, 5.41) is 2.69. The Kier molecular flexibility index (Phi) is 15.9. The van der Waals surface area contributed by atoms with Crippen LogP contribution in [0, 0.1) is 0 Å². The number of carbonyl (C=O) groups excluding carboxylic acids is 2. The summed E-state index contributed by atoms with van der Waals surface area (Å²) in [6.07, 6.45) is 18.0. The van der Waals surface area contributed by atoms with Crippen LogP contribution in [-0.4, -0.2) is 116 Å². The number of ether oxygens (including phenoxy) is 5. The SMILES string of the molecule is CC(C)(C)OC(=O)NCCN(CCOCCOCCOc1ccc(-c2c3nc(c(-c4ccncc4)c4ccc([nH]4)c(-c4ccncc4)c4nc(c(-c5ccncc5)c5ccc2[nH]5)C=C4)C=C3)cc1)C(=O)OC(C)(C)C. The van der Waals surface area contributed by atoms with Crippen LogP contribution < -0.4 is 10.1 Å². The fourth-order valence-electron chi connectivity index (χ4n) is 8.64. The number of aromatic nitrogens is 7. The summed E-state index contributed by atoms with van der Waals surface area (Å²) in [5.74, 6) is 0.685. The maximum atomic E-state index is 12.9. The molecule has 1 aromatic carbocycles. The van der Waals surface area contributed by atoms with E-state index in [2.05, 4.69) is 78.8 Å². The number of rotatable bonds is 17. The Bertz CT molecular complexity index is 3310. The highest BCUT2D eigenvalue weighted by Gasteiger charge is 2.24. The third-order valence-electron chi connectivity index (χ3n) is 11.9. The van der Waals surface area contributed by atoms with Crippen molar-refractivity contribution >= 4 is 58.6 Å². The molecule has 9 rings (SSSR count). The van der Waals surface area contributed by atoms with E-state index >= 15 is 0 Å². The van der Waals surface area contributed by atoms with Crippen molar-refractivity contribution in [3.05, 3.63) is 145 Å². The summed E-state index contributed by atoms with van der Waals surface area (Å²) in [6, 6.07) is 28.4. The number of hydrogen-bond donors (Lipinski definition) is 3. The van der Waals surface area contributed by atoms with Crippen molar-refractivity contribution < 1.29 is 33.3 Å². The molecule has 2 amide bonds. The van der Waals surface area contributed by atoms with Gasteiger partial charge < -0.3 is 43.9 Å². The van der Waals surface area contributed by atoms with Gasteiger partial charge in [-0.15, -0.1) is 0 Å². The average molecular weight is 1010 g/mol. The normalized spacial score (nSPS) is 12.1. The monoisotopic (exact) mass is 1010 g/mol. The molecule has 8 heterocycles. The first-order valence-corrected chi connectivity index (χ1v) is 25.0. The molecule has 16 nitrogen and oxygen atoms in total. The highest BCUT2D eigenvalue weighted by Crippen LogP contribution is 2.38. The number of fused-ring (bicyclic) bond motifs is 8. The van der Waals surface area contributed by atoms with Gasteiger partial charge in [0.2, 0.25) is 0 Å². The number of H-pyrrole nitrogens is 2. The van der Waals surface area contributed by atoms with Gasteiger partial charge in [0.05, 0.1) is 49.2 Å². The molecular formula is C59H61N9O7. The second kappa shape index (κ2) is 23.2. The van der Waals surface area contributed by atoms with Crippen LogP contribution in [0.5, 0.6) is 5.75 Å². The molecule has 384 valence electrons. The van der Waals surface area contributed by atoms with Gasteiger partial charge >= 0.3 is 12.2 Å². The molecular weight excluding hydrogens is 947 g/mol. The van der Waals surface area contributed by atoms with Crippen LogP contribution >= 0.6 is 0 Å². The van der Waals surface area contributed by atoms with Crippen LogP contribution in [0.3, 0.4) is 0 Å². The molecule has 2 aliphatic heterocycles. The fourth-order valence-corrected chi connectivity index (χ4v) is 8.64. The molecule has 2 aliphatic rings. The van der Waals surface area contributed by atoms with Crippen molar-refractivity contribution in [2.24, 2.45) is 0 Å². The second-order valence-electron chi connectivity index (χ2n) is 19.7. The van der Waals surface area contributed by atoms with Gasteiger partial charge in [-0.05, 0) is 161 Å². The zero-order chi connectivity index (χ0) is 52.4. The topological polar surface area (TPSA) is 192 Å². The lowest BCUT2D eigenvalue weighted by molar-refractivity contribution is 0.00831. The molecule has 0 saturated heterocycles. The van der Waals surface area contributed by atoms with Crippen molar-refractivity contribution in [1.82, 2.24) is 45.1 Å². The molecule has 0 radical (unpaired) electrons. The van der Waals surface area contributed by atoms with Crippen molar-refractivity contribution in [2.45, 2.75) is 52.7 Å². The van der Waals surface area contributed by atoms with Crippen LogP contribution in [0.25, 0.3) is 90.9 Å². The number of hydrogen-bond acceptors (Lipinski definition) is 12. The molecule has 0 fully saturated rings. The first kappa shape index (κ1) is 51.4. The van der Waals surface area contributed by atoms with E-state index in [1.54, 1.807) is 78.7 Å². The van der Waals surface area contributed by atoms with Gasteiger partial charge in [-0.1, -0.05) is 12.1 Å². The number of alkyl carbamates (subject to hydrolysis) is 1. The average Bonchev–Trinajstić information content (AvgIpc) is 4.28. The van der Waals surface area contributed by atoms with Crippen molar-refractivity contribution in [3.8, 4) is 50.3 Å². The molecule has 8 bridgehead atoms. The summed E-state index contributed by atoms with van der Waals surface area (Å²) in [7, 11) is 0. The fraction of sp³-hybridized carbons (Fsp3) is 0.271. The Morgan fingerprint density at radius 3 is 1.28 bits per heavy atom. The highest BCUT2D eigenvalue weighted by atomic mass is 16.6. The number of carbonyl (C=O) groups is 2. The van der Waals surface area contributed by atoms with Gasteiger partial charge in [-0.25, -0.2) is 19.6 Å². The summed E-state index contributed by atoms with van der Waals surface area (Å²) in [6.45, 7) is 13.0. The zero-order valence-electron chi connectivity index (χ0n) is 43.1. The molecule has 7 aromatic rings. The molecule has 0 spiro atoms. The molecule has 0 saturated carbocycles. The number of benzene rings is 1. The molecule has 3 N–H and O–H groups in total. The smallest absolute Gasteiger partial charge is 0.410 e. The van der Waals surface area contributed by atoms with E-state index in [0.717, 1.165) is 89.4 Å². The predicted molar refractivity (Wildman–Crippen MR) is 293 cm³/mol. The van der Waals surface area contributed by atoms with Crippen LogP contribution in [0.1, 0.15) is 64.3 Å². The van der Waals surface area contributed by atoms with Crippen molar-refractivity contribution in [1.29, 1.82) is 0 Å². The first-order chi connectivity index (χ1) is 36.3. The number of aromatic amines is 2. The maximum absolute atomic E-state index is 12.9. The van der Waals surface area contributed by atoms with Crippen LogP contribution in [0.2, 0.25) is 0 Å². The lowest BCUT2D eigenvalue weighted by Crippen LogP contribution is -2.43. The number of nitrogens with zero attached hydrogens (tertiary/aromatic N) is 6. The van der Waals surface area contributed by atoms with Crippen LogP contribution in [-0.2, 0) is 18.9 Å². The Morgan fingerprint density at radius 1 is 0.480 bits per heavy atom. The Morgan fingerprint density at radius 2 is 0.867 bits per heavy atom. The number of amides is 2. The highest BCUT2D eigenvalue weighted by molar-refractivity contribution is 5.99. The lowest BCUT2D eigenvalue weighted by atomic mass is 10.0. The van der Waals surface area contributed by atoms with Gasteiger partial charge in [0.25, 0.3) is 0 Å². The molecule has 0 atom stereocenters. The second-order valence-corrected chi connectivity index (χ2v) is 19.7. The van der Waals surface area contributed by atoms with Crippen molar-refractivity contribution in [3.63, 3.8) is 0 Å². The Hall–Kier alpha value is -8.47. The van der Waals surface area contributed by atoms with E-state index in [-0.39, 0.29) is 26.2 Å². The lowest BCUT2D eigenvalue weighted by Gasteiger charge is -2.27. The minimum atomic E-state index is -0.678. The Balaban J connectivity index is 0.946. The minimum Gasteiger partial charge on any atom is -0.491 e. The van der Waals surface area contributed by atoms with Crippen molar-refractivity contribution in [2.75, 3.05) is 52.7 Å². The van der Waals surface area contributed by atoms with Gasteiger partial charge in [-0.2, -0.15) is 0 Å². The predicted octanol–water partition coefficient (Wildman–Crippen LogP) is 11.7. The van der Waals surface area contributed by atoms with E-state index in [4.69, 9.17) is 33.7 Å². The van der Waals surface area contributed by atoms with E-state index in [1.807, 2.05) is 60.7 Å². The summed E-state index contributed by atoms with van der Waals surface area (Å²) in [5.41, 5.74) is 13.0. The van der Waals surface area contributed by atoms with Gasteiger partial charge in [0.1, 0.15) is 23.6 Å². The maximum Gasteiger partial charge on any atom is 0.410 e. The third kappa shape index (κ3) is 13.2. The molecule has 0 aliphatic carbocycles. The zero-order valence-corrected chi connectivity index (χ0v) is 43.1. The van der Waals surface area contributed by atoms with Crippen LogP contribution in [0.15, 0.2) is 122 Å². The van der Waals surface area contributed by atoms with E-state index in [0.29, 0.717) is 32.2 Å². The molecule has 75 heavy (non-hydrogen) atoms. The van der Waals surface area contributed by atoms with Crippen LogP contribution in [0.4, 0.5) is 9.59 Å². The third-order valence-corrected chi connectivity index (χ3v) is 11.9. The number of nitrogens with one attached hydrogen (secondary N) is 3. The van der Waals surface area contributed by atoms with Gasteiger partial charge in [0.15, 0.2) is 0 Å². The Labute approximate surface area is 435 Å². The summed E-state index contributed by atoms with van der Waals surface area (Å²) >= 11 is 0. The van der Waals surface area contributed by atoms with Gasteiger partial charge in [-0.3, -0.25) is 15.0 Å². The summed E-state index contributed by atoms with van der Waals surface area (Å²) < 4.78 is 28.6. The first-order valence-electron chi connectivity index (χ1n) is 25.0. The van der Waals surface area contributed by atoms with E-state index in [1.165, 1.54) is 4.90 Å². The standard InChI is InChI=1S/C59H61N9O7/c1-58(2,3)74-56(69)63-31-32-68(57(70)75-59(4,5)6)33-34-71-35-36-72-37-38-73-43-9-7-39(8-10-43)52-44-11-13-46(64-44)53(40-19-25-60-26-20-40)48-15-17-50(66-48)55(42-23-29-62-30-24-42)51-18-16-49(67-51)54(41-21-27-61-28-22-41)47-14-12-45(52)65-47/h7-30,64,67H,31-38H2,1-6H3,(H,63,69). The largest absolute Gasteiger partial charge is 0.491 e. The van der Waals surface area contributed by atoms with Gasteiger partial charge in [0, 0.05) is 101 Å². The molecule has 6 aromatic heterocycles. The molecule has 0 unspecified atom stereocenters. The number of pyridine rings is 3. The quantitative estimate of drug-likeness (QED) is 0.0733. The molecule has 16 heteroatoms. The van der Waals surface area contributed by atoms with E-state index in [9.17, 15) is 9.59 Å². The summed E-state index contributed by atoms with van der Waals surface area (Å²) in [4.78, 5) is 57.8.